The van der Waals surface area contributed by atoms with Crippen molar-refractivity contribution in [1.82, 2.24) is 15.0 Å². The van der Waals surface area contributed by atoms with Crippen molar-refractivity contribution in [2.24, 2.45) is 0 Å². The summed E-state index contributed by atoms with van der Waals surface area (Å²) < 4.78 is 5.91. The number of aromatic nitrogens is 3. The molecule has 4 aromatic rings. The van der Waals surface area contributed by atoms with E-state index in [1.165, 1.54) is 6.07 Å². The Balaban J connectivity index is 1.63. The maximum atomic E-state index is 7.00. The highest BCUT2D eigenvalue weighted by atomic mass is 35.5. The third-order valence-electron chi connectivity index (χ3n) is 3.73. The van der Waals surface area contributed by atoms with Crippen LogP contribution in [0.5, 0.6) is 11.6 Å². The first kappa shape index (κ1) is 16.8. The predicted octanol–water partition coefficient (Wildman–Crippen LogP) is 5.76. The molecule has 6 nitrogen and oxygen atoms in total. The van der Waals surface area contributed by atoms with Crippen molar-refractivity contribution in [2.75, 3.05) is 5.32 Å². The van der Waals surface area contributed by atoms with E-state index in [0.717, 1.165) is 16.6 Å². The van der Waals surface area contributed by atoms with Gasteiger partial charge in [0.15, 0.2) is 11.4 Å². The van der Waals surface area contributed by atoms with Crippen molar-refractivity contribution in [3.63, 3.8) is 0 Å². The van der Waals surface area contributed by atoms with Gasteiger partial charge in [-0.15, -0.1) is 0 Å². The van der Waals surface area contributed by atoms with Crippen LogP contribution < -0.4 is 10.1 Å². The summed E-state index contributed by atoms with van der Waals surface area (Å²) in [5.74, 6) is 1.17. The minimum absolute atomic E-state index is 0.244. The van der Waals surface area contributed by atoms with Crippen molar-refractivity contribution in [1.29, 1.82) is 0 Å². The van der Waals surface area contributed by atoms with Crippen molar-refractivity contribution in [3.05, 3.63) is 83.4 Å². The number of ether oxygens (including phenoxy) is 1. The zero-order chi connectivity index (χ0) is 18.6. The first-order valence-electron chi connectivity index (χ1n) is 8.02. The molecule has 130 valence electrons. The number of fused-ring (bicyclic) bond motifs is 1. The molecular formula is C20H12ClN5O. The topological polar surface area (TPSA) is 64.3 Å². The lowest BCUT2D eigenvalue weighted by molar-refractivity contribution is 0.467. The second-order valence-corrected chi connectivity index (χ2v) is 5.96. The lowest BCUT2D eigenvalue weighted by Gasteiger charge is -2.10. The first-order chi connectivity index (χ1) is 13.2. The third-order valence-corrected chi connectivity index (χ3v) is 3.93. The maximum Gasteiger partial charge on any atom is 0.231 e. The quantitative estimate of drug-likeness (QED) is 0.363. The fourth-order valence-corrected chi connectivity index (χ4v) is 2.70. The first-order valence-corrected chi connectivity index (χ1v) is 8.40. The molecule has 1 N–H and O–H groups in total. The summed E-state index contributed by atoms with van der Waals surface area (Å²) in [5, 5.41) is 4.26. The van der Waals surface area contributed by atoms with Crippen LogP contribution >= 0.6 is 11.6 Å². The standard InChI is InChI=1S/C20H12ClN5O/c1-22-14-7-9-15(10-8-14)24-20-25-17(21)12-18(26-20)27-16-6-2-4-13-5-3-11-23-19(13)16/h2-12H,(H,24,25,26). The summed E-state index contributed by atoms with van der Waals surface area (Å²) in [7, 11) is 0. The number of para-hydroxylation sites is 1. The highest BCUT2D eigenvalue weighted by Crippen LogP contribution is 2.29. The van der Waals surface area contributed by atoms with E-state index < -0.39 is 0 Å². The van der Waals surface area contributed by atoms with Gasteiger partial charge in [-0.05, 0) is 24.3 Å². The van der Waals surface area contributed by atoms with Gasteiger partial charge in [-0.1, -0.05) is 41.9 Å². The number of hydrogen-bond donors (Lipinski definition) is 1. The fraction of sp³-hybridized carbons (Fsp3) is 0. The van der Waals surface area contributed by atoms with E-state index >= 15 is 0 Å². The lowest BCUT2D eigenvalue weighted by atomic mass is 10.2. The Morgan fingerprint density at radius 2 is 1.81 bits per heavy atom. The molecule has 27 heavy (non-hydrogen) atoms. The third kappa shape index (κ3) is 3.78. The highest BCUT2D eigenvalue weighted by Gasteiger charge is 2.09. The Hall–Kier alpha value is -3.69. The van der Waals surface area contributed by atoms with E-state index in [2.05, 4.69) is 25.1 Å². The fourth-order valence-electron chi connectivity index (χ4n) is 2.52. The number of rotatable bonds is 4. The highest BCUT2D eigenvalue weighted by molar-refractivity contribution is 6.29. The zero-order valence-corrected chi connectivity index (χ0v) is 14.7. The molecule has 0 unspecified atom stereocenters. The van der Waals surface area contributed by atoms with Gasteiger partial charge in [-0.2, -0.15) is 4.98 Å². The van der Waals surface area contributed by atoms with Crippen molar-refractivity contribution in [2.45, 2.75) is 0 Å². The summed E-state index contributed by atoms with van der Waals surface area (Å²) in [6, 6.07) is 18.0. The van der Waals surface area contributed by atoms with E-state index in [1.54, 1.807) is 30.5 Å². The molecule has 0 saturated carbocycles. The van der Waals surface area contributed by atoms with Crippen molar-refractivity contribution in [3.8, 4) is 11.6 Å². The molecule has 0 aliphatic rings. The molecule has 0 atom stereocenters. The molecular weight excluding hydrogens is 362 g/mol. The largest absolute Gasteiger partial charge is 0.437 e. The van der Waals surface area contributed by atoms with Gasteiger partial charge >= 0.3 is 0 Å². The Bertz CT molecular complexity index is 1150. The van der Waals surface area contributed by atoms with Gasteiger partial charge in [0.1, 0.15) is 10.7 Å². The maximum absolute atomic E-state index is 7.00. The van der Waals surface area contributed by atoms with Gasteiger partial charge in [0, 0.05) is 23.3 Å². The molecule has 2 aromatic heterocycles. The number of benzene rings is 2. The van der Waals surface area contributed by atoms with E-state index in [4.69, 9.17) is 22.9 Å². The Morgan fingerprint density at radius 1 is 1.00 bits per heavy atom. The van der Waals surface area contributed by atoms with Crippen LogP contribution in [0.2, 0.25) is 5.15 Å². The SMILES string of the molecule is [C-]#[N+]c1ccc(Nc2nc(Cl)cc(Oc3cccc4cccnc34)n2)cc1. The molecule has 0 saturated heterocycles. The van der Waals surface area contributed by atoms with Crippen molar-refractivity contribution >= 4 is 39.8 Å². The number of hydrogen-bond acceptors (Lipinski definition) is 5. The summed E-state index contributed by atoms with van der Waals surface area (Å²) in [6.45, 7) is 7.00. The second-order valence-electron chi connectivity index (χ2n) is 5.57. The minimum atomic E-state index is 0.244. The molecule has 2 aromatic carbocycles. The van der Waals surface area contributed by atoms with Crippen LogP contribution in [0.1, 0.15) is 0 Å². The van der Waals surface area contributed by atoms with E-state index in [1.807, 2.05) is 30.3 Å². The second kappa shape index (κ2) is 7.28. The van der Waals surface area contributed by atoms with E-state index in [9.17, 15) is 0 Å². The monoisotopic (exact) mass is 373 g/mol. The van der Waals surface area contributed by atoms with Crippen LogP contribution in [0.3, 0.4) is 0 Å². The zero-order valence-electron chi connectivity index (χ0n) is 13.9. The molecule has 0 amide bonds. The molecule has 2 heterocycles. The Labute approximate surface area is 160 Å². The molecule has 0 bridgehead atoms. The van der Waals surface area contributed by atoms with E-state index in [0.29, 0.717) is 23.3 Å². The predicted molar refractivity (Wildman–Crippen MR) is 105 cm³/mol. The Morgan fingerprint density at radius 3 is 2.63 bits per heavy atom. The number of nitrogens with zero attached hydrogens (tertiary/aromatic N) is 4. The molecule has 0 fully saturated rings. The molecule has 0 aliphatic heterocycles. The summed E-state index contributed by atoms with van der Waals surface area (Å²) >= 11 is 6.12. The van der Waals surface area contributed by atoms with Crippen LogP contribution in [0.4, 0.5) is 17.3 Å². The van der Waals surface area contributed by atoms with Crippen LogP contribution in [0.15, 0.2) is 66.9 Å². The van der Waals surface area contributed by atoms with Gasteiger partial charge in [0.05, 0.1) is 6.57 Å². The van der Waals surface area contributed by atoms with Crippen molar-refractivity contribution < 1.29 is 4.74 Å². The lowest BCUT2D eigenvalue weighted by Crippen LogP contribution is -1.99. The number of anilines is 2. The Kier molecular flexibility index (Phi) is 4.52. The van der Waals surface area contributed by atoms with Gasteiger partial charge in [-0.3, -0.25) is 4.98 Å². The minimum Gasteiger partial charge on any atom is -0.437 e. The molecule has 0 radical (unpaired) electrons. The molecule has 4 rings (SSSR count). The number of nitrogens with one attached hydrogen (secondary N) is 1. The van der Waals surface area contributed by atoms with Gasteiger partial charge in [-0.25, -0.2) is 9.83 Å². The molecule has 7 heteroatoms. The van der Waals surface area contributed by atoms with Gasteiger partial charge < -0.3 is 10.1 Å². The summed E-state index contributed by atoms with van der Waals surface area (Å²) in [4.78, 5) is 16.2. The van der Waals surface area contributed by atoms with Crippen LogP contribution in [0, 0.1) is 6.57 Å². The molecule has 0 spiro atoms. The summed E-state index contributed by atoms with van der Waals surface area (Å²) in [5.41, 5.74) is 2.03. The smallest absolute Gasteiger partial charge is 0.231 e. The van der Waals surface area contributed by atoms with Crippen LogP contribution in [-0.2, 0) is 0 Å². The number of pyridine rings is 1. The van der Waals surface area contributed by atoms with Gasteiger partial charge in [0.2, 0.25) is 11.8 Å². The van der Waals surface area contributed by atoms with Gasteiger partial charge in [0.25, 0.3) is 0 Å². The van der Waals surface area contributed by atoms with E-state index in [-0.39, 0.29) is 5.15 Å². The number of halogens is 1. The van der Waals surface area contributed by atoms with Crippen LogP contribution in [0.25, 0.3) is 15.7 Å². The average molecular weight is 374 g/mol. The average Bonchev–Trinajstić information content (AvgIpc) is 2.68. The summed E-state index contributed by atoms with van der Waals surface area (Å²) in [6.07, 6.45) is 1.71. The molecule has 0 aliphatic carbocycles. The normalized spacial score (nSPS) is 10.4. The van der Waals surface area contributed by atoms with Crippen LogP contribution in [-0.4, -0.2) is 15.0 Å².